The Balaban J connectivity index is 1.53. The van der Waals surface area contributed by atoms with E-state index < -0.39 is 0 Å². The summed E-state index contributed by atoms with van der Waals surface area (Å²) in [5.74, 6) is 2.26. The molecule has 1 aromatic carbocycles. The molecule has 0 N–H and O–H groups in total. The lowest BCUT2D eigenvalue weighted by molar-refractivity contribution is 0.318. The summed E-state index contributed by atoms with van der Waals surface area (Å²) >= 11 is 0. The van der Waals surface area contributed by atoms with Crippen molar-refractivity contribution < 1.29 is 9.47 Å². The van der Waals surface area contributed by atoms with Crippen molar-refractivity contribution in [2.24, 2.45) is 0 Å². The summed E-state index contributed by atoms with van der Waals surface area (Å²) in [5, 5.41) is 4.33. The maximum absolute atomic E-state index is 5.56. The van der Waals surface area contributed by atoms with Crippen LogP contribution in [0.25, 0.3) is 5.65 Å². The van der Waals surface area contributed by atoms with E-state index in [-0.39, 0.29) is 0 Å². The van der Waals surface area contributed by atoms with Crippen LogP contribution in [-0.2, 0) is 6.54 Å². The van der Waals surface area contributed by atoms with Gasteiger partial charge in [-0.1, -0.05) is 6.07 Å². The Kier molecular flexibility index (Phi) is 4.28. The van der Waals surface area contributed by atoms with Gasteiger partial charge in [0.05, 0.1) is 19.9 Å². The molecule has 0 spiro atoms. The van der Waals surface area contributed by atoms with Crippen molar-refractivity contribution in [1.82, 2.24) is 19.5 Å². The van der Waals surface area contributed by atoms with Crippen LogP contribution in [0.2, 0.25) is 0 Å². The number of likely N-dealkylation sites (tertiary alicyclic amines) is 1. The van der Waals surface area contributed by atoms with Gasteiger partial charge in [-0.15, -0.1) is 0 Å². The second-order valence-corrected chi connectivity index (χ2v) is 6.38. The molecule has 2 aromatic heterocycles. The number of nitrogens with zero attached hydrogens (tertiary/aromatic N) is 4. The monoisotopic (exact) mass is 338 g/mol. The zero-order valence-corrected chi connectivity index (χ0v) is 14.6. The van der Waals surface area contributed by atoms with E-state index >= 15 is 0 Å². The molecule has 25 heavy (non-hydrogen) atoms. The highest BCUT2D eigenvalue weighted by Gasteiger charge is 2.27. The van der Waals surface area contributed by atoms with E-state index in [2.05, 4.69) is 27.1 Å². The van der Waals surface area contributed by atoms with Crippen LogP contribution in [0.1, 0.15) is 23.6 Å². The molecular formula is C19H22N4O2. The lowest BCUT2D eigenvalue weighted by atomic mass is 9.97. The number of fused-ring (bicyclic) bond motifs is 1. The number of benzene rings is 1. The summed E-state index contributed by atoms with van der Waals surface area (Å²) in [7, 11) is 3.43. The van der Waals surface area contributed by atoms with Crippen LogP contribution in [0, 0.1) is 0 Å². The molecule has 4 rings (SSSR count). The van der Waals surface area contributed by atoms with Crippen LogP contribution >= 0.6 is 0 Å². The first-order valence-corrected chi connectivity index (χ1v) is 8.50. The number of pyridine rings is 1. The third-order valence-corrected chi connectivity index (χ3v) is 4.91. The molecule has 6 nitrogen and oxygen atoms in total. The van der Waals surface area contributed by atoms with Crippen molar-refractivity contribution in [2.45, 2.75) is 18.9 Å². The highest BCUT2D eigenvalue weighted by atomic mass is 16.5. The Bertz CT molecular complexity index is 877. The fraction of sp³-hybridized carbons (Fsp3) is 0.368. The largest absolute Gasteiger partial charge is 0.497 e. The zero-order chi connectivity index (χ0) is 17.2. The first-order chi connectivity index (χ1) is 12.3. The molecule has 1 atom stereocenters. The fourth-order valence-electron chi connectivity index (χ4n) is 3.64. The molecule has 1 saturated heterocycles. The predicted molar refractivity (Wildman–Crippen MR) is 95.2 cm³/mol. The topological polar surface area (TPSA) is 51.9 Å². The van der Waals surface area contributed by atoms with Gasteiger partial charge in [-0.05, 0) is 43.3 Å². The van der Waals surface area contributed by atoms with Gasteiger partial charge in [-0.3, -0.25) is 4.90 Å². The quantitative estimate of drug-likeness (QED) is 0.716. The highest BCUT2D eigenvalue weighted by molar-refractivity contribution is 5.43. The fourth-order valence-corrected chi connectivity index (χ4v) is 3.64. The van der Waals surface area contributed by atoms with Crippen molar-refractivity contribution in [3.05, 3.63) is 54.0 Å². The van der Waals surface area contributed by atoms with Crippen molar-refractivity contribution in [2.75, 3.05) is 27.3 Å². The van der Waals surface area contributed by atoms with Crippen LogP contribution in [0.3, 0.4) is 0 Å². The van der Waals surface area contributed by atoms with Crippen LogP contribution in [-0.4, -0.2) is 46.8 Å². The molecule has 0 radical (unpaired) electrons. The van der Waals surface area contributed by atoms with Crippen molar-refractivity contribution >= 4 is 5.65 Å². The minimum atomic E-state index is 0.444. The summed E-state index contributed by atoms with van der Waals surface area (Å²) < 4.78 is 12.9. The molecule has 3 aromatic rings. The first kappa shape index (κ1) is 15.9. The summed E-state index contributed by atoms with van der Waals surface area (Å²) in [5.41, 5.74) is 3.28. The van der Waals surface area contributed by atoms with Crippen molar-refractivity contribution in [1.29, 1.82) is 0 Å². The van der Waals surface area contributed by atoms with E-state index in [4.69, 9.17) is 9.47 Å². The Morgan fingerprint density at radius 1 is 1.16 bits per heavy atom. The molecular weight excluding hydrogens is 316 g/mol. The molecule has 6 heteroatoms. The Labute approximate surface area is 147 Å². The summed E-state index contributed by atoms with van der Waals surface area (Å²) in [6.45, 7) is 2.91. The SMILES string of the molecule is COc1ccc(OC)c(C2CCN(Cc3cccc4ncnn34)C2)c1. The van der Waals surface area contributed by atoms with Crippen LogP contribution < -0.4 is 9.47 Å². The third kappa shape index (κ3) is 3.05. The average Bonchev–Trinajstić information content (AvgIpc) is 3.31. The zero-order valence-electron chi connectivity index (χ0n) is 14.6. The van der Waals surface area contributed by atoms with E-state index in [1.54, 1.807) is 20.5 Å². The lowest BCUT2D eigenvalue weighted by Gasteiger charge is -2.18. The molecule has 1 aliphatic rings. The van der Waals surface area contributed by atoms with Crippen LogP contribution in [0.4, 0.5) is 0 Å². The highest BCUT2D eigenvalue weighted by Crippen LogP contribution is 2.36. The third-order valence-electron chi connectivity index (χ3n) is 4.91. The number of methoxy groups -OCH3 is 2. The molecule has 1 fully saturated rings. The Morgan fingerprint density at radius 2 is 2.08 bits per heavy atom. The van der Waals surface area contributed by atoms with Gasteiger partial charge in [0.1, 0.15) is 17.8 Å². The van der Waals surface area contributed by atoms with Gasteiger partial charge in [0.15, 0.2) is 5.65 Å². The molecule has 1 unspecified atom stereocenters. The second-order valence-electron chi connectivity index (χ2n) is 6.38. The number of ether oxygens (including phenoxy) is 2. The maximum Gasteiger partial charge on any atom is 0.155 e. The summed E-state index contributed by atoms with van der Waals surface area (Å²) in [6.07, 6.45) is 2.71. The molecule has 130 valence electrons. The van der Waals surface area contributed by atoms with Gasteiger partial charge >= 0.3 is 0 Å². The van der Waals surface area contributed by atoms with Gasteiger partial charge in [0, 0.05) is 24.6 Å². The van der Waals surface area contributed by atoms with Gasteiger partial charge < -0.3 is 9.47 Å². The van der Waals surface area contributed by atoms with Gasteiger partial charge in [0.25, 0.3) is 0 Å². The molecule has 3 heterocycles. The van der Waals surface area contributed by atoms with E-state index in [1.807, 2.05) is 28.8 Å². The average molecular weight is 338 g/mol. The molecule has 0 saturated carbocycles. The number of aromatic nitrogens is 3. The predicted octanol–water partition coefficient (Wildman–Crippen LogP) is 2.74. The number of rotatable bonds is 5. The van der Waals surface area contributed by atoms with Gasteiger partial charge in [-0.25, -0.2) is 9.50 Å². The van der Waals surface area contributed by atoms with Gasteiger partial charge in [0.2, 0.25) is 0 Å². The number of hydrogen-bond donors (Lipinski definition) is 0. The van der Waals surface area contributed by atoms with E-state index in [1.165, 1.54) is 5.56 Å². The second kappa shape index (κ2) is 6.72. The normalized spacial score (nSPS) is 17.9. The summed E-state index contributed by atoms with van der Waals surface area (Å²) in [6, 6.07) is 12.2. The number of hydrogen-bond acceptors (Lipinski definition) is 5. The van der Waals surface area contributed by atoms with Gasteiger partial charge in [-0.2, -0.15) is 5.10 Å². The summed E-state index contributed by atoms with van der Waals surface area (Å²) in [4.78, 5) is 6.72. The van der Waals surface area contributed by atoms with E-state index in [9.17, 15) is 0 Å². The van der Waals surface area contributed by atoms with E-state index in [0.29, 0.717) is 5.92 Å². The Hall–Kier alpha value is -2.60. The van der Waals surface area contributed by atoms with Crippen LogP contribution in [0.15, 0.2) is 42.7 Å². The Morgan fingerprint density at radius 3 is 2.92 bits per heavy atom. The van der Waals surface area contributed by atoms with Crippen LogP contribution in [0.5, 0.6) is 11.5 Å². The van der Waals surface area contributed by atoms with Crippen molar-refractivity contribution in [3.63, 3.8) is 0 Å². The van der Waals surface area contributed by atoms with E-state index in [0.717, 1.165) is 48.9 Å². The molecule has 0 aliphatic carbocycles. The van der Waals surface area contributed by atoms with Crippen molar-refractivity contribution in [3.8, 4) is 11.5 Å². The minimum absolute atomic E-state index is 0.444. The standard InChI is InChI=1S/C19H22N4O2/c1-24-16-6-7-18(25-2)17(10-16)14-8-9-22(11-14)12-15-4-3-5-19-20-13-21-23(15)19/h3-7,10,13-14H,8-9,11-12H2,1-2H3. The lowest BCUT2D eigenvalue weighted by Crippen LogP contribution is -2.21. The molecule has 1 aliphatic heterocycles. The molecule has 0 bridgehead atoms. The maximum atomic E-state index is 5.56. The first-order valence-electron chi connectivity index (χ1n) is 8.50. The minimum Gasteiger partial charge on any atom is -0.497 e. The molecule has 0 amide bonds. The smallest absolute Gasteiger partial charge is 0.155 e.